The number of nitrogens with zero attached hydrogens (tertiary/aromatic N) is 2. The molecule has 0 atom stereocenters. The van der Waals surface area contributed by atoms with E-state index in [0.717, 1.165) is 21.3 Å². The molecule has 1 N–H and O–H groups in total. The number of pyridine rings is 1. The van der Waals surface area contributed by atoms with Gasteiger partial charge in [0.05, 0.1) is 37.0 Å². The van der Waals surface area contributed by atoms with Gasteiger partial charge in [0.2, 0.25) is 5.91 Å². The van der Waals surface area contributed by atoms with Crippen molar-refractivity contribution >= 4 is 34.1 Å². The molecule has 1 amide bonds. The number of carbonyl (C=O) groups excluding carboxylic acids is 2. The lowest BCUT2D eigenvalue weighted by molar-refractivity contribution is -0.122. The lowest BCUT2D eigenvalue weighted by Crippen LogP contribution is -2.37. The maximum absolute atomic E-state index is 12.5. The molecule has 1 aromatic carbocycles. The summed E-state index contributed by atoms with van der Waals surface area (Å²) in [7, 11) is 1.37. The number of fused-ring (bicyclic) bond motifs is 1. The minimum Gasteiger partial charge on any atom is -0.465 e. The van der Waals surface area contributed by atoms with Gasteiger partial charge in [-0.15, -0.1) is 11.3 Å². The summed E-state index contributed by atoms with van der Waals surface area (Å²) in [6.45, 7) is 5.69. The van der Waals surface area contributed by atoms with E-state index in [9.17, 15) is 9.59 Å². The highest BCUT2D eigenvalue weighted by Gasteiger charge is 2.21. The monoisotopic (exact) mass is 411 g/mol. The lowest BCUT2D eigenvalue weighted by Gasteiger charge is -2.22. The molecule has 0 aliphatic carbocycles. The van der Waals surface area contributed by atoms with Crippen molar-refractivity contribution in [1.82, 2.24) is 15.2 Å². The molecule has 2 aromatic heterocycles. The summed E-state index contributed by atoms with van der Waals surface area (Å²) in [4.78, 5) is 32.6. The van der Waals surface area contributed by atoms with E-state index in [1.54, 1.807) is 11.3 Å². The van der Waals surface area contributed by atoms with E-state index in [4.69, 9.17) is 9.72 Å². The normalized spacial score (nSPS) is 11.0. The molecule has 0 saturated heterocycles. The summed E-state index contributed by atoms with van der Waals surface area (Å²) in [6, 6.07) is 11.7. The van der Waals surface area contributed by atoms with Gasteiger partial charge < -0.3 is 10.1 Å². The Kier molecular flexibility index (Phi) is 6.95. The van der Waals surface area contributed by atoms with Crippen LogP contribution >= 0.6 is 11.3 Å². The summed E-state index contributed by atoms with van der Waals surface area (Å²) >= 11 is 1.61. The van der Waals surface area contributed by atoms with E-state index in [-0.39, 0.29) is 12.5 Å². The molecule has 3 rings (SSSR count). The average Bonchev–Trinajstić information content (AvgIpc) is 3.25. The Hall–Kier alpha value is -2.77. The van der Waals surface area contributed by atoms with Crippen LogP contribution < -0.4 is 5.32 Å². The summed E-state index contributed by atoms with van der Waals surface area (Å²) < 4.78 is 5.01. The smallest absolute Gasteiger partial charge is 0.340 e. The third-order valence-corrected chi connectivity index (χ3v) is 5.72. The maximum Gasteiger partial charge on any atom is 0.340 e. The van der Waals surface area contributed by atoms with E-state index in [1.807, 2.05) is 60.5 Å². The van der Waals surface area contributed by atoms with Gasteiger partial charge in [-0.2, -0.15) is 0 Å². The second-order valence-electron chi connectivity index (χ2n) is 6.73. The van der Waals surface area contributed by atoms with Crippen LogP contribution in [0.2, 0.25) is 0 Å². The van der Waals surface area contributed by atoms with Crippen molar-refractivity contribution in [3.8, 4) is 0 Å². The Morgan fingerprint density at radius 3 is 2.69 bits per heavy atom. The minimum absolute atomic E-state index is 0.0580. The topological polar surface area (TPSA) is 71.5 Å². The van der Waals surface area contributed by atoms with Crippen LogP contribution in [-0.2, 0) is 22.6 Å². The molecule has 0 saturated carbocycles. The zero-order chi connectivity index (χ0) is 20.8. The first-order valence-corrected chi connectivity index (χ1v) is 10.4. The van der Waals surface area contributed by atoms with E-state index in [0.29, 0.717) is 30.9 Å². The molecular weight excluding hydrogens is 386 g/mol. The number of hydrogen-bond donors (Lipinski definition) is 1. The molecule has 0 bridgehead atoms. The zero-order valence-electron chi connectivity index (χ0n) is 16.9. The molecular formula is C22H25N3O3S. The largest absolute Gasteiger partial charge is 0.465 e. The van der Waals surface area contributed by atoms with E-state index in [1.165, 1.54) is 7.11 Å². The van der Waals surface area contributed by atoms with Crippen molar-refractivity contribution in [1.29, 1.82) is 0 Å². The average molecular weight is 412 g/mol. The van der Waals surface area contributed by atoms with Gasteiger partial charge in [0.1, 0.15) is 0 Å². The number of nitrogens with one attached hydrogen (secondary N) is 1. The van der Waals surface area contributed by atoms with Crippen LogP contribution in [0.15, 0.2) is 41.8 Å². The van der Waals surface area contributed by atoms with Crippen molar-refractivity contribution < 1.29 is 14.3 Å². The number of carbonyl (C=O) groups is 2. The van der Waals surface area contributed by atoms with Crippen LogP contribution in [-0.4, -0.2) is 42.0 Å². The second-order valence-corrected chi connectivity index (χ2v) is 7.76. The van der Waals surface area contributed by atoms with Crippen LogP contribution in [0, 0.1) is 6.92 Å². The van der Waals surface area contributed by atoms with E-state index >= 15 is 0 Å². The van der Waals surface area contributed by atoms with Gasteiger partial charge >= 0.3 is 5.97 Å². The third-order valence-electron chi connectivity index (χ3n) is 4.84. The molecule has 0 aliphatic heterocycles. The molecule has 3 aromatic rings. The summed E-state index contributed by atoms with van der Waals surface area (Å²) in [5.41, 5.74) is 2.77. The first-order chi connectivity index (χ1) is 14.0. The van der Waals surface area contributed by atoms with Crippen molar-refractivity contribution in [3.63, 3.8) is 0 Å². The first kappa shape index (κ1) is 21.0. The number of amides is 1. The van der Waals surface area contributed by atoms with Gasteiger partial charge in [-0.05, 0) is 36.5 Å². The summed E-state index contributed by atoms with van der Waals surface area (Å²) in [5, 5.41) is 5.86. The Morgan fingerprint density at radius 1 is 1.21 bits per heavy atom. The second kappa shape index (κ2) is 9.62. The Labute approximate surface area is 174 Å². The standard InChI is InChI=1S/C22H25N3O3S/c1-4-25(14-20(26)23-12-16-8-7-11-29-16)13-19-21(22(27)28-3)15(2)17-9-5-6-10-18(17)24-19/h5-11H,4,12-14H2,1-3H3,(H,23,26). The first-order valence-electron chi connectivity index (χ1n) is 9.51. The maximum atomic E-state index is 12.5. The molecule has 7 heteroatoms. The van der Waals surface area contributed by atoms with Crippen LogP contribution in [0.25, 0.3) is 10.9 Å². The van der Waals surface area contributed by atoms with Gasteiger partial charge in [-0.3, -0.25) is 14.7 Å². The van der Waals surface area contributed by atoms with Gasteiger partial charge in [-0.25, -0.2) is 4.79 Å². The molecule has 0 fully saturated rings. The molecule has 2 heterocycles. The van der Waals surface area contributed by atoms with Crippen molar-refractivity contribution in [2.45, 2.75) is 26.9 Å². The summed E-state index contributed by atoms with van der Waals surface area (Å²) in [5.74, 6) is -0.466. The van der Waals surface area contributed by atoms with Gasteiger partial charge in [-0.1, -0.05) is 31.2 Å². The Balaban J connectivity index is 1.80. The van der Waals surface area contributed by atoms with Crippen molar-refractivity contribution in [2.24, 2.45) is 0 Å². The van der Waals surface area contributed by atoms with Gasteiger partial charge in [0.25, 0.3) is 0 Å². The van der Waals surface area contributed by atoms with E-state index < -0.39 is 5.97 Å². The van der Waals surface area contributed by atoms with Gasteiger partial charge in [0.15, 0.2) is 0 Å². The Morgan fingerprint density at radius 2 is 2.00 bits per heavy atom. The number of rotatable bonds is 8. The number of thiophene rings is 1. The number of esters is 1. The van der Waals surface area contributed by atoms with Crippen LogP contribution in [0.3, 0.4) is 0 Å². The highest BCUT2D eigenvalue weighted by atomic mass is 32.1. The fraction of sp³-hybridized carbons (Fsp3) is 0.318. The van der Waals surface area contributed by atoms with Crippen LogP contribution in [0.5, 0.6) is 0 Å². The molecule has 152 valence electrons. The predicted octanol–water partition coefficient (Wildman–Crippen LogP) is 3.53. The highest BCUT2D eigenvalue weighted by molar-refractivity contribution is 7.09. The predicted molar refractivity (Wildman–Crippen MR) is 115 cm³/mol. The number of para-hydroxylation sites is 1. The SMILES string of the molecule is CCN(CC(=O)NCc1cccs1)Cc1nc2ccccc2c(C)c1C(=O)OC. The Bertz CT molecular complexity index is 1000. The lowest BCUT2D eigenvalue weighted by atomic mass is 10.0. The molecule has 6 nitrogen and oxygen atoms in total. The van der Waals surface area contributed by atoms with Gasteiger partial charge in [0, 0.05) is 16.8 Å². The number of benzene rings is 1. The molecule has 0 spiro atoms. The molecule has 0 radical (unpaired) electrons. The fourth-order valence-electron chi connectivity index (χ4n) is 3.28. The van der Waals surface area contributed by atoms with E-state index in [2.05, 4.69) is 5.32 Å². The quantitative estimate of drug-likeness (QED) is 0.574. The number of aromatic nitrogens is 1. The van der Waals surface area contributed by atoms with Crippen molar-refractivity contribution in [3.05, 3.63) is 63.5 Å². The zero-order valence-corrected chi connectivity index (χ0v) is 17.7. The number of methoxy groups -OCH3 is 1. The molecule has 0 aliphatic rings. The minimum atomic E-state index is -0.408. The highest BCUT2D eigenvalue weighted by Crippen LogP contribution is 2.24. The van der Waals surface area contributed by atoms with Crippen molar-refractivity contribution in [2.75, 3.05) is 20.2 Å². The number of ether oxygens (including phenoxy) is 1. The van der Waals surface area contributed by atoms with Crippen LogP contribution in [0.1, 0.15) is 33.4 Å². The number of likely N-dealkylation sites (N-methyl/N-ethyl adjacent to an activating group) is 1. The third kappa shape index (κ3) is 4.99. The number of hydrogen-bond acceptors (Lipinski definition) is 6. The number of aryl methyl sites for hydroxylation is 1. The summed E-state index contributed by atoms with van der Waals surface area (Å²) in [6.07, 6.45) is 0. The molecule has 29 heavy (non-hydrogen) atoms. The van der Waals surface area contributed by atoms with Crippen LogP contribution in [0.4, 0.5) is 0 Å². The molecule has 0 unspecified atom stereocenters. The fourth-order valence-corrected chi connectivity index (χ4v) is 3.92.